The van der Waals surface area contributed by atoms with Gasteiger partial charge in [0.25, 0.3) is 5.56 Å². The second kappa shape index (κ2) is 7.28. The Balaban J connectivity index is 2.55. The molecule has 0 fully saturated rings. The van der Waals surface area contributed by atoms with Gasteiger partial charge in [0.05, 0.1) is 26.0 Å². The molecule has 0 saturated carbocycles. The molecule has 21 heavy (non-hydrogen) atoms. The molecule has 0 atom stereocenters. The van der Waals surface area contributed by atoms with E-state index in [2.05, 4.69) is 17.7 Å². The summed E-state index contributed by atoms with van der Waals surface area (Å²) in [5.41, 5.74) is 1.99. The van der Waals surface area contributed by atoms with Gasteiger partial charge in [-0.1, -0.05) is 12.1 Å². The molecule has 1 aromatic heterocycles. The van der Waals surface area contributed by atoms with Crippen LogP contribution in [0.3, 0.4) is 0 Å². The number of aromatic nitrogens is 2. The number of hydrogen-bond donors (Lipinski definition) is 1. The van der Waals surface area contributed by atoms with Gasteiger partial charge in [-0.15, -0.1) is 0 Å². The lowest BCUT2D eigenvalue weighted by molar-refractivity contribution is 0.182. The molecule has 0 spiro atoms. The average Bonchev–Trinajstić information content (AvgIpc) is 2.53. The Morgan fingerprint density at radius 2 is 2.05 bits per heavy atom. The van der Waals surface area contributed by atoms with Gasteiger partial charge in [0.2, 0.25) is 0 Å². The Morgan fingerprint density at radius 3 is 2.71 bits per heavy atom. The van der Waals surface area contributed by atoms with Gasteiger partial charge >= 0.3 is 0 Å². The second-order valence-corrected chi connectivity index (χ2v) is 4.75. The van der Waals surface area contributed by atoms with E-state index in [-0.39, 0.29) is 5.56 Å². The highest BCUT2D eigenvalue weighted by Gasteiger charge is 2.12. The largest absolute Gasteiger partial charge is 0.496 e. The van der Waals surface area contributed by atoms with Crippen molar-refractivity contribution in [2.24, 2.45) is 0 Å². The van der Waals surface area contributed by atoms with Crippen molar-refractivity contribution in [2.75, 3.05) is 20.8 Å². The van der Waals surface area contributed by atoms with Crippen LogP contribution in [0, 0.1) is 0 Å². The number of hydrogen-bond acceptors (Lipinski definition) is 5. The Kier molecular flexibility index (Phi) is 5.41. The Morgan fingerprint density at radius 1 is 1.29 bits per heavy atom. The second-order valence-electron chi connectivity index (χ2n) is 4.43. The van der Waals surface area contributed by atoms with Crippen LogP contribution >= 0.6 is 12.6 Å². The van der Waals surface area contributed by atoms with E-state index in [1.807, 2.05) is 24.3 Å². The van der Waals surface area contributed by atoms with Crippen molar-refractivity contribution in [3.8, 4) is 17.0 Å². The molecule has 0 amide bonds. The van der Waals surface area contributed by atoms with E-state index in [4.69, 9.17) is 9.47 Å². The average molecular weight is 306 g/mol. The predicted octanol–water partition coefficient (Wildman–Crippen LogP) is 2.00. The van der Waals surface area contributed by atoms with Gasteiger partial charge < -0.3 is 9.47 Å². The molecule has 0 saturated heterocycles. The molecule has 1 heterocycles. The molecule has 0 unspecified atom stereocenters. The molecule has 0 radical (unpaired) electrons. The van der Waals surface area contributed by atoms with Gasteiger partial charge in [0.15, 0.2) is 0 Å². The minimum absolute atomic E-state index is 0.138. The van der Waals surface area contributed by atoms with Crippen molar-refractivity contribution < 1.29 is 9.47 Å². The van der Waals surface area contributed by atoms with E-state index in [1.54, 1.807) is 20.3 Å². The lowest BCUT2D eigenvalue weighted by Gasteiger charge is -2.12. The van der Waals surface area contributed by atoms with Crippen molar-refractivity contribution in [3.05, 3.63) is 46.2 Å². The minimum Gasteiger partial charge on any atom is -0.496 e. The summed E-state index contributed by atoms with van der Waals surface area (Å²) in [6.45, 7) is 0.827. The SMILES string of the molecule is COCCn1nc(-c2ccccc2OC)cc(CS)c1=O. The molecule has 6 heteroatoms. The van der Waals surface area contributed by atoms with Crippen LogP contribution in [-0.2, 0) is 17.0 Å². The molecule has 112 valence electrons. The van der Waals surface area contributed by atoms with Crippen LogP contribution in [0.1, 0.15) is 5.56 Å². The van der Waals surface area contributed by atoms with Crippen LogP contribution in [0.2, 0.25) is 0 Å². The number of thiol groups is 1. The van der Waals surface area contributed by atoms with Gasteiger partial charge in [-0.3, -0.25) is 4.79 Å². The van der Waals surface area contributed by atoms with Gasteiger partial charge in [-0.2, -0.15) is 17.7 Å². The fraction of sp³-hybridized carbons (Fsp3) is 0.333. The first-order valence-corrected chi connectivity index (χ1v) is 7.18. The van der Waals surface area contributed by atoms with E-state index in [0.717, 1.165) is 5.56 Å². The Labute approximate surface area is 128 Å². The highest BCUT2D eigenvalue weighted by atomic mass is 32.1. The summed E-state index contributed by atoms with van der Waals surface area (Å²) in [7, 11) is 3.20. The standard InChI is InChI=1S/C15H18N2O3S/c1-19-8-7-17-15(18)11(10-21)9-13(16-17)12-5-3-4-6-14(12)20-2/h3-6,9,21H,7-8,10H2,1-2H3. The van der Waals surface area contributed by atoms with E-state index in [1.165, 1.54) is 4.68 Å². The number of nitrogens with zero attached hydrogens (tertiary/aromatic N) is 2. The summed E-state index contributed by atoms with van der Waals surface area (Å²) < 4.78 is 11.8. The van der Waals surface area contributed by atoms with Crippen LogP contribution in [-0.4, -0.2) is 30.6 Å². The maximum absolute atomic E-state index is 12.2. The number of rotatable bonds is 6. The predicted molar refractivity (Wildman–Crippen MR) is 85.1 cm³/mol. The molecule has 0 bridgehead atoms. The van der Waals surface area contributed by atoms with Crippen molar-refractivity contribution in [3.63, 3.8) is 0 Å². The highest BCUT2D eigenvalue weighted by molar-refractivity contribution is 7.79. The summed E-state index contributed by atoms with van der Waals surface area (Å²) in [6, 6.07) is 9.33. The summed E-state index contributed by atoms with van der Waals surface area (Å²) >= 11 is 4.22. The van der Waals surface area contributed by atoms with Gasteiger partial charge in [-0.05, 0) is 18.2 Å². The van der Waals surface area contributed by atoms with Crippen LogP contribution in [0.25, 0.3) is 11.3 Å². The molecule has 5 nitrogen and oxygen atoms in total. The zero-order valence-electron chi connectivity index (χ0n) is 12.1. The zero-order valence-corrected chi connectivity index (χ0v) is 13.0. The van der Waals surface area contributed by atoms with Crippen molar-refractivity contribution >= 4 is 12.6 Å². The molecule has 2 aromatic rings. The maximum atomic E-state index is 12.2. The maximum Gasteiger partial charge on any atom is 0.270 e. The Bertz CT molecular complexity index is 670. The van der Waals surface area contributed by atoms with Gasteiger partial charge in [0.1, 0.15) is 5.75 Å². The monoisotopic (exact) mass is 306 g/mol. The zero-order chi connectivity index (χ0) is 15.2. The lowest BCUT2D eigenvalue weighted by atomic mass is 10.1. The third-order valence-electron chi connectivity index (χ3n) is 3.11. The Hall–Kier alpha value is -1.79. The topological polar surface area (TPSA) is 53.4 Å². The molecular formula is C15H18N2O3S. The minimum atomic E-state index is -0.138. The smallest absolute Gasteiger partial charge is 0.270 e. The quantitative estimate of drug-likeness (QED) is 0.829. The van der Waals surface area contributed by atoms with Gasteiger partial charge in [-0.25, -0.2) is 4.68 Å². The van der Waals surface area contributed by atoms with Crippen LogP contribution in [0.5, 0.6) is 5.75 Å². The molecular weight excluding hydrogens is 288 g/mol. The van der Waals surface area contributed by atoms with Crippen LogP contribution < -0.4 is 10.3 Å². The third kappa shape index (κ3) is 3.46. The molecule has 0 aliphatic rings. The number of ether oxygens (including phenoxy) is 2. The number of para-hydroxylation sites is 1. The fourth-order valence-electron chi connectivity index (χ4n) is 2.03. The number of methoxy groups -OCH3 is 2. The van der Waals surface area contributed by atoms with E-state index in [9.17, 15) is 4.79 Å². The first-order chi connectivity index (χ1) is 10.2. The summed E-state index contributed by atoms with van der Waals surface area (Å²) in [6.07, 6.45) is 0. The molecule has 0 aliphatic heterocycles. The van der Waals surface area contributed by atoms with Crippen molar-refractivity contribution in [2.45, 2.75) is 12.3 Å². The highest BCUT2D eigenvalue weighted by Crippen LogP contribution is 2.27. The van der Waals surface area contributed by atoms with Crippen molar-refractivity contribution in [1.82, 2.24) is 9.78 Å². The number of benzene rings is 1. The lowest BCUT2D eigenvalue weighted by Crippen LogP contribution is -2.27. The van der Waals surface area contributed by atoms with E-state index >= 15 is 0 Å². The summed E-state index contributed by atoms with van der Waals surface area (Å²) in [5.74, 6) is 1.07. The van der Waals surface area contributed by atoms with Crippen molar-refractivity contribution in [1.29, 1.82) is 0 Å². The first kappa shape index (κ1) is 15.6. The third-order valence-corrected chi connectivity index (χ3v) is 3.45. The fourth-order valence-corrected chi connectivity index (χ4v) is 2.25. The van der Waals surface area contributed by atoms with Gasteiger partial charge in [0, 0.05) is 24.0 Å². The summed E-state index contributed by atoms with van der Waals surface area (Å²) in [4.78, 5) is 12.2. The first-order valence-electron chi connectivity index (χ1n) is 6.55. The van der Waals surface area contributed by atoms with Crippen LogP contribution in [0.4, 0.5) is 0 Å². The van der Waals surface area contributed by atoms with E-state index in [0.29, 0.717) is 35.9 Å². The normalized spacial score (nSPS) is 10.6. The molecule has 0 aliphatic carbocycles. The van der Waals surface area contributed by atoms with Crippen LogP contribution in [0.15, 0.2) is 35.1 Å². The molecule has 1 aromatic carbocycles. The molecule has 2 rings (SSSR count). The van der Waals surface area contributed by atoms with E-state index < -0.39 is 0 Å². The summed E-state index contributed by atoms with van der Waals surface area (Å²) in [5, 5.41) is 4.41. The molecule has 0 N–H and O–H groups in total.